The molecule has 0 spiro atoms. The van der Waals surface area contributed by atoms with E-state index in [9.17, 15) is 0 Å². The maximum Gasteiger partial charge on any atom is 0.247 e. The monoisotopic (exact) mass is 164 g/mol. The minimum atomic E-state index is 0.577. The van der Waals surface area contributed by atoms with E-state index in [1.807, 2.05) is 32.1 Å². The molecule has 1 heterocycles. The summed E-state index contributed by atoms with van der Waals surface area (Å²) in [6, 6.07) is 0. The van der Waals surface area contributed by atoms with Gasteiger partial charge in [-0.05, 0) is 13.8 Å². The average molecular weight is 164 g/mol. The van der Waals surface area contributed by atoms with Crippen molar-refractivity contribution < 1.29 is 4.42 Å². The van der Waals surface area contributed by atoms with Crippen LogP contribution < -0.4 is 0 Å². The van der Waals surface area contributed by atoms with Crippen LogP contribution >= 0.6 is 0 Å². The molecule has 1 aromatic rings. The first-order valence-electron chi connectivity index (χ1n) is 3.87. The maximum atomic E-state index is 5.25. The fourth-order valence-corrected chi connectivity index (χ4v) is 0.884. The lowest BCUT2D eigenvalue weighted by Gasteiger charge is -1.90. The summed E-state index contributed by atoms with van der Waals surface area (Å²) in [6.07, 6.45) is 5.81. The molecule has 64 valence electrons. The molecule has 0 fully saturated rings. The van der Waals surface area contributed by atoms with Crippen LogP contribution in [0, 0.1) is 6.92 Å². The third-order valence-corrected chi connectivity index (χ3v) is 1.43. The smallest absolute Gasteiger partial charge is 0.247 e. The van der Waals surface area contributed by atoms with Crippen molar-refractivity contribution in [1.82, 2.24) is 10.2 Å². The van der Waals surface area contributed by atoms with E-state index in [2.05, 4.69) is 10.2 Å². The van der Waals surface area contributed by atoms with E-state index >= 15 is 0 Å². The van der Waals surface area contributed by atoms with Crippen LogP contribution in [-0.4, -0.2) is 10.2 Å². The molecule has 0 atom stereocenters. The minimum Gasteiger partial charge on any atom is -0.421 e. The highest BCUT2D eigenvalue weighted by atomic mass is 16.4. The van der Waals surface area contributed by atoms with Gasteiger partial charge in [0.25, 0.3) is 0 Å². The predicted octanol–water partition coefficient (Wildman–Crippen LogP) is 2.36. The Labute approximate surface area is 71.8 Å². The van der Waals surface area contributed by atoms with E-state index in [0.29, 0.717) is 11.8 Å². The van der Waals surface area contributed by atoms with Crippen molar-refractivity contribution >= 4 is 5.57 Å². The van der Waals surface area contributed by atoms with Crippen LogP contribution in [0.5, 0.6) is 0 Å². The van der Waals surface area contributed by atoms with Crippen molar-refractivity contribution in [2.24, 2.45) is 0 Å². The molecule has 0 unspecified atom stereocenters. The van der Waals surface area contributed by atoms with E-state index in [4.69, 9.17) is 4.42 Å². The highest BCUT2D eigenvalue weighted by Gasteiger charge is 2.03. The van der Waals surface area contributed by atoms with Gasteiger partial charge >= 0.3 is 0 Å². The Bertz CT molecular complexity index is 310. The van der Waals surface area contributed by atoms with E-state index in [1.54, 1.807) is 6.92 Å². The molecule has 0 saturated carbocycles. The summed E-state index contributed by atoms with van der Waals surface area (Å²) in [4.78, 5) is 0. The quantitative estimate of drug-likeness (QED) is 0.630. The summed E-state index contributed by atoms with van der Waals surface area (Å²) in [6.45, 7) is 5.67. The second kappa shape index (κ2) is 3.85. The molecule has 0 amide bonds. The van der Waals surface area contributed by atoms with Crippen molar-refractivity contribution in [3.8, 4) is 0 Å². The Kier molecular flexibility index (Phi) is 2.80. The van der Waals surface area contributed by atoms with Crippen molar-refractivity contribution in [2.75, 3.05) is 0 Å². The molecule has 0 aliphatic heterocycles. The first kappa shape index (κ1) is 8.71. The largest absolute Gasteiger partial charge is 0.421 e. The van der Waals surface area contributed by atoms with Gasteiger partial charge in [-0.25, -0.2) is 0 Å². The average Bonchev–Trinajstić information content (AvgIpc) is 2.47. The molecule has 1 aromatic heterocycles. The molecule has 12 heavy (non-hydrogen) atoms. The van der Waals surface area contributed by atoms with E-state index < -0.39 is 0 Å². The molecule has 0 aromatic carbocycles. The lowest BCUT2D eigenvalue weighted by atomic mass is 10.2. The third kappa shape index (κ3) is 1.81. The Morgan fingerprint density at radius 3 is 2.50 bits per heavy atom. The van der Waals surface area contributed by atoms with Crippen LogP contribution in [-0.2, 0) is 0 Å². The minimum absolute atomic E-state index is 0.577. The van der Waals surface area contributed by atoms with Crippen LogP contribution in [0.15, 0.2) is 22.6 Å². The summed E-state index contributed by atoms with van der Waals surface area (Å²) in [7, 11) is 0. The second-order valence-electron chi connectivity index (χ2n) is 2.37. The lowest BCUT2D eigenvalue weighted by molar-refractivity contribution is 0.507. The zero-order chi connectivity index (χ0) is 8.97. The van der Waals surface area contributed by atoms with Crippen LogP contribution in [0.2, 0.25) is 0 Å². The Morgan fingerprint density at radius 2 is 2.08 bits per heavy atom. The van der Waals surface area contributed by atoms with Gasteiger partial charge in [-0.15, -0.1) is 10.2 Å². The summed E-state index contributed by atoms with van der Waals surface area (Å²) in [5.74, 6) is 1.17. The molecule has 0 bridgehead atoms. The molecular weight excluding hydrogens is 152 g/mol. The van der Waals surface area contributed by atoms with Gasteiger partial charge in [0, 0.05) is 12.5 Å². The van der Waals surface area contributed by atoms with Crippen LogP contribution in [0.4, 0.5) is 0 Å². The SMILES string of the molecule is C/C=C\C(=C/C)c1nnc(C)o1. The fourth-order valence-electron chi connectivity index (χ4n) is 0.884. The number of hydrogen-bond donors (Lipinski definition) is 0. The first-order valence-corrected chi connectivity index (χ1v) is 3.87. The third-order valence-electron chi connectivity index (χ3n) is 1.43. The Balaban J connectivity index is 2.96. The molecule has 0 saturated heterocycles. The summed E-state index contributed by atoms with van der Waals surface area (Å²) in [5, 5.41) is 7.65. The maximum absolute atomic E-state index is 5.25. The van der Waals surface area contributed by atoms with Crippen molar-refractivity contribution in [3.05, 3.63) is 30.0 Å². The van der Waals surface area contributed by atoms with Gasteiger partial charge in [0.15, 0.2) is 0 Å². The molecule has 0 radical (unpaired) electrons. The zero-order valence-electron chi connectivity index (χ0n) is 7.53. The summed E-state index contributed by atoms with van der Waals surface area (Å²) in [5.41, 5.74) is 0.957. The molecule has 0 aliphatic carbocycles. The number of hydrogen-bond acceptors (Lipinski definition) is 3. The highest BCUT2D eigenvalue weighted by molar-refractivity contribution is 5.67. The van der Waals surface area contributed by atoms with Gasteiger partial charge in [-0.2, -0.15) is 0 Å². The van der Waals surface area contributed by atoms with Gasteiger partial charge in [0.05, 0.1) is 0 Å². The summed E-state index contributed by atoms with van der Waals surface area (Å²) < 4.78 is 5.25. The molecule has 1 rings (SSSR count). The molecule has 3 heteroatoms. The van der Waals surface area contributed by atoms with Gasteiger partial charge in [-0.1, -0.05) is 18.2 Å². The molecule has 0 aliphatic rings. The highest BCUT2D eigenvalue weighted by Crippen LogP contribution is 2.13. The topological polar surface area (TPSA) is 38.9 Å². The zero-order valence-corrected chi connectivity index (χ0v) is 7.53. The van der Waals surface area contributed by atoms with Crippen molar-refractivity contribution in [3.63, 3.8) is 0 Å². The van der Waals surface area contributed by atoms with Crippen LogP contribution in [0.3, 0.4) is 0 Å². The lowest BCUT2D eigenvalue weighted by Crippen LogP contribution is -1.79. The second-order valence-corrected chi connectivity index (χ2v) is 2.37. The van der Waals surface area contributed by atoms with Gasteiger partial charge in [0.1, 0.15) is 0 Å². The van der Waals surface area contributed by atoms with Gasteiger partial charge in [-0.3, -0.25) is 0 Å². The van der Waals surface area contributed by atoms with E-state index in [-0.39, 0.29) is 0 Å². The fraction of sp³-hybridized carbons (Fsp3) is 0.333. The van der Waals surface area contributed by atoms with Gasteiger partial charge < -0.3 is 4.42 Å². The standard InChI is InChI=1S/C9H12N2O/c1-4-6-8(5-2)9-11-10-7(3)12-9/h4-6H,1-3H3/b6-4-,8-5+. The number of rotatable bonds is 2. The molecule has 0 N–H and O–H groups in total. The Morgan fingerprint density at radius 1 is 1.33 bits per heavy atom. The van der Waals surface area contributed by atoms with Crippen molar-refractivity contribution in [1.29, 1.82) is 0 Å². The number of aromatic nitrogens is 2. The number of aryl methyl sites for hydroxylation is 1. The Hall–Kier alpha value is -1.38. The summed E-state index contributed by atoms with van der Waals surface area (Å²) >= 11 is 0. The number of nitrogens with zero attached hydrogens (tertiary/aromatic N) is 2. The van der Waals surface area contributed by atoms with Crippen LogP contribution in [0.1, 0.15) is 25.6 Å². The predicted molar refractivity (Wildman–Crippen MR) is 47.5 cm³/mol. The van der Waals surface area contributed by atoms with Gasteiger partial charge in [0.2, 0.25) is 11.8 Å². The van der Waals surface area contributed by atoms with Crippen LogP contribution in [0.25, 0.3) is 5.57 Å². The molecule has 3 nitrogen and oxygen atoms in total. The number of allylic oxidation sites excluding steroid dienone is 4. The normalized spacial score (nSPS) is 12.8. The first-order chi connectivity index (χ1) is 5.77. The van der Waals surface area contributed by atoms with Crippen molar-refractivity contribution in [2.45, 2.75) is 20.8 Å². The van der Waals surface area contributed by atoms with E-state index in [0.717, 1.165) is 5.57 Å². The molecular formula is C9H12N2O. The van der Waals surface area contributed by atoms with E-state index in [1.165, 1.54) is 0 Å².